The minimum Gasteiger partial charge on any atom is -0.373 e. The highest BCUT2D eigenvalue weighted by molar-refractivity contribution is 7.71. The zero-order chi connectivity index (χ0) is 12.8. The van der Waals surface area contributed by atoms with Gasteiger partial charge in [0.1, 0.15) is 4.70 Å². The first-order valence-corrected chi connectivity index (χ1v) is 7.22. The quantitative estimate of drug-likeness (QED) is 0.862. The molecule has 0 amide bonds. The van der Waals surface area contributed by atoms with Gasteiger partial charge in [0.25, 0.3) is 5.56 Å². The molecule has 1 fully saturated rings. The number of aromatic amines is 1. The minimum absolute atomic E-state index is 0.0134. The van der Waals surface area contributed by atoms with Crippen molar-refractivity contribution < 1.29 is 4.74 Å². The summed E-state index contributed by atoms with van der Waals surface area (Å²) in [5.41, 5.74) is 0.542. The lowest BCUT2D eigenvalue weighted by Crippen LogP contribution is -2.35. The van der Waals surface area contributed by atoms with Crippen LogP contribution in [0.25, 0.3) is 10.2 Å². The number of hydrogen-bond donors (Lipinski definition) is 1. The Morgan fingerprint density at radius 1 is 1.67 bits per heavy atom. The third-order valence-corrected chi connectivity index (χ3v) is 4.61. The standard InChI is InChI=1S/C12H14N2O2S2/c1-12(4-2-5-16-12)7-14-10(15)9-8(3-6-18-9)13-11(14)17/h3,6H,2,4-5,7H2,1H3,(H,13,17). The van der Waals surface area contributed by atoms with E-state index in [-0.39, 0.29) is 11.2 Å². The molecule has 0 bridgehead atoms. The highest BCUT2D eigenvalue weighted by Gasteiger charge is 2.31. The maximum Gasteiger partial charge on any atom is 0.272 e. The predicted molar refractivity (Wildman–Crippen MR) is 74.9 cm³/mol. The second-order valence-electron chi connectivity index (χ2n) is 4.89. The van der Waals surface area contributed by atoms with Gasteiger partial charge in [-0.05, 0) is 43.4 Å². The first kappa shape index (κ1) is 12.1. The molecule has 2 aromatic rings. The van der Waals surface area contributed by atoms with E-state index in [1.165, 1.54) is 11.3 Å². The number of H-pyrrole nitrogens is 1. The van der Waals surface area contributed by atoms with Gasteiger partial charge >= 0.3 is 0 Å². The molecular formula is C12H14N2O2S2. The first-order valence-electron chi connectivity index (χ1n) is 5.93. The van der Waals surface area contributed by atoms with E-state index in [0.29, 0.717) is 11.3 Å². The second-order valence-corrected chi connectivity index (χ2v) is 6.19. The number of hydrogen-bond acceptors (Lipinski definition) is 4. The van der Waals surface area contributed by atoms with Crippen molar-refractivity contribution in [3.8, 4) is 0 Å². The molecule has 1 aliphatic rings. The third kappa shape index (κ3) is 1.94. The number of ether oxygens (including phenoxy) is 1. The molecule has 18 heavy (non-hydrogen) atoms. The molecule has 3 rings (SSSR count). The first-order chi connectivity index (χ1) is 8.59. The van der Waals surface area contributed by atoms with Gasteiger partial charge in [0.05, 0.1) is 17.7 Å². The van der Waals surface area contributed by atoms with E-state index in [4.69, 9.17) is 17.0 Å². The largest absolute Gasteiger partial charge is 0.373 e. The van der Waals surface area contributed by atoms with E-state index in [9.17, 15) is 4.79 Å². The van der Waals surface area contributed by atoms with Crippen molar-refractivity contribution in [3.05, 3.63) is 26.6 Å². The molecule has 6 heteroatoms. The van der Waals surface area contributed by atoms with Crippen LogP contribution in [-0.2, 0) is 11.3 Å². The lowest BCUT2D eigenvalue weighted by Gasteiger charge is -2.23. The van der Waals surface area contributed by atoms with Crippen LogP contribution in [0.1, 0.15) is 19.8 Å². The van der Waals surface area contributed by atoms with Gasteiger partial charge in [0.15, 0.2) is 4.77 Å². The average Bonchev–Trinajstić information content (AvgIpc) is 2.94. The van der Waals surface area contributed by atoms with Crippen LogP contribution in [0, 0.1) is 4.77 Å². The lowest BCUT2D eigenvalue weighted by molar-refractivity contribution is 0.00508. The molecule has 3 heterocycles. The zero-order valence-electron chi connectivity index (χ0n) is 10.1. The van der Waals surface area contributed by atoms with Gasteiger partial charge in [-0.1, -0.05) is 0 Å². The van der Waals surface area contributed by atoms with Crippen molar-refractivity contribution in [1.82, 2.24) is 9.55 Å². The molecule has 1 saturated heterocycles. The van der Waals surface area contributed by atoms with Gasteiger partial charge in [0.2, 0.25) is 0 Å². The van der Waals surface area contributed by atoms with Gasteiger partial charge in [-0.2, -0.15) is 0 Å². The van der Waals surface area contributed by atoms with Crippen LogP contribution in [0.15, 0.2) is 16.2 Å². The number of rotatable bonds is 2. The van der Waals surface area contributed by atoms with E-state index in [1.54, 1.807) is 4.57 Å². The molecular weight excluding hydrogens is 268 g/mol. The second kappa shape index (κ2) is 4.29. The average molecular weight is 282 g/mol. The maximum absolute atomic E-state index is 12.4. The molecule has 0 radical (unpaired) electrons. The molecule has 1 unspecified atom stereocenters. The Morgan fingerprint density at radius 2 is 2.50 bits per heavy atom. The molecule has 1 atom stereocenters. The third-order valence-electron chi connectivity index (χ3n) is 3.38. The summed E-state index contributed by atoms with van der Waals surface area (Å²) in [6, 6.07) is 1.88. The topological polar surface area (TPSA) is 47.0 Å². The van der Waals surface area contributed by atoms with Gasteiger partial charge in [-0.25, -0.2) is 0 Å². The zero-order valence-corrected chi connectivity index (χ0v) is 11.7. The van der Waals surface area contributed by atoms with Gasteiger partial charge in [0, 0.05) is 6.61 Å². The number of nitrogens with zero attached hydrogens (tertiary/aromatic N) is 1. The van der Waals surface area contributed by atoms with Crippen molar-refractivity contribution in [3.63, 3.8) is 0 Å². The summed E-state index contributed by atoms with van der Waals surface area (Å²) in [4.78, 5) is 15.5. The van der Waals surface area contributed by atoms with Crippen LogP contribution < -0.4 is 5.56 Å². The van der Waals surface area contributed by atoms with E-state index >= 15 is 0 Å². The number of aromatic nitrogens is 2. The van der Waals surface area contributed by atoms with Crippen molar-refractivity contribution in [1.29, 1.82) is 0 Å². The Balaban J connectivity index is 2.11. The summed E-state index contributed by atoms with van der Waals surface area (Å²) in [6.45, 7) is 3.33. The van der Waals surface area contributed by atoms with Crippen molar-refractivity contribution >= 4 is 33.8 Å². The summed E-state index contributed by atoms with van der Waals surface area (Å²) in [5.74, 6) is 0. The highest BCUT2D eigenvalue weighted by Crippen LogP contribution is 2.26. The Labute approximate surface area is 113 Å². The predicted octanol–water partition coefficient (Wildman–Crippen LogP) is 2.69. The smallest absolute Gasteiger partial charge is 0.272 e. The summed E-state index contributed by atoms with van der Waals surface area (Å²) < 4.78 is 8.56. The van der Waals surface area contributed by atoms with Crippen molar-refractivity contribution in [2.45, 2.75) is 31.9 Å². The molecule has 0 aromatic carbocycles. The van der Waals surface area contributed by atoms with E-state index < -0.39 is 0 Å². The fourth-order valence-corrected chi connectivity index (χ4v) is 3.47. The van der Waals surface area contributed by atoms with E-state index in [2.05, 4.69) is 4.98 Å². The highest BCUT2D eigenvalue weighted by atomic mass is 32.1. The SMILES string of the molecule is CC1(Cn2c(=S)[nH]c3ccsc3c2=O)CCCO1. The summed E-state index contributed by atoms with van der Waals surface area (Å²) in [5, 5.41) is 1.90. The van der Waals surface area contributed by atoms with Gasteiger partial charge < -0.3 is 9.72 Å². The monoisotopic (exact) mass is 282 g/mol. The molecule has 0 aliphatic carbocycles. The van der Waals surface area contributed by atoms with Crippen LogP contribution in [0.2, 0.25) is 0 Å². The van der Waals surface area contributed by atoms with Crippen LogP contribution in [-0.4, -0.2) is 21.8 Å². The van der Waals surface area contributed by atoms with Crippen molar-refractivity contribution in [2.24, 2.45) is 0 Å². The molecule has 2 aromatic heterocycles. The normalized spacial score (nSPS) is 23.8. The minimum atomic E-state index is -0.268. The molecule has 0 spiro atoms. The Morgan fingerprint density at radius 3 is 3.22 bits per heavy atom. The summed E-state index contributed by atoms with van der Waals surface area (Å²) in [6.07, 6.45) is 2.01. The van der Waals surface area contributed by atoms with E-state index in [0.717, 1.165) is 29.7 Å². The van der Waals surface area contributed by atoms with Crippen LogP contribution in [0.3, 0.4) is 0 Å². The van der Waals surface area contributed by atoms with Crippen molar-refractivity contribution in [2.75, 3.05) is 6.61 Å². The lowest BCUT2D eigenvalue weighted by atomic mass is 10.0. The van der Waals surface area contributed by atoms with Gasteiger partial charge in [-0.3, -0.25) is 9.36 Å². The number of fused-ring (bicyclic) bond motifs is 1. The Hall–Kier alpha value is -0.980. The molecule has 4 nitrogen and oxygen atoms in total. The number of thiophene rings is 1. The van der Waals surface area contributed by atoms with Crippen LogP contribution in [0.4, 0.5) is 0 Å². The van der Waals surface area contributed by atoms with Gasteiger partial charge in [-0.15, -0.1) is 11.3 Å². The molecule has 1 N–H and O–H groups in total. The molecule has 1 aliphatic heterocycles. The summed E-state index contributed by atoms with van der Waals surface area (Å²) in [7, 11) is 0. The number of nitrogens with one attached hydrogen (secondary N) is 1. The molecule has 0 saturated carbocycles. The molecule has 96 valence electrons. The Bertz CT molecular complexity index is 692. The maximum atomic E-state index is 12.4. The fraction of sp³-hybridized carbons (Fsp3) is 0.500. The summed E-state index contributed by atoms with van der Waals surface area (Å²) >= 11 is 6.72. The van der Waals surface area contributed by atoms with Crippen LogP contribution in [0.5, 0.6) is 0 Å². The van der Waals surface area contributed by atoms with Crippen LogP contribution >= 0.6 is 23.6 Å². The van der Waals surface area contributed by atoms with E-state index in [1.807, 2.05) is 18.4 Å². The fourth-order valence-electron chi connectivity index (χ4n) is 2.41. The Kier molecular flexibility index (Phi) is 2.88.